The zero-order valence-electron chi connectivity index (χ0n) is 6.18. The fraction of sp³-hybridized carbons (Fsp3) is 0.333. The number of rotatable bonds is 2. The molecule has 72 valence electrons. The molecule has 0 atom stereocenters. The van der Waals surface area contributed by atoms with E-state index in [2.05, 4.69) is 30.6 Å². The molecule has 0 unspecified atom stereocenters. The van der Waals surface area contributed by atoms with E-state index in [-0.39, 0.29) is 6.01 Å². The van der Waals surface area contributed by atoms with Crippen LogP contribution in [0.1, 0.15) is 0 Å². The van der Waals surface area contributed by atoms with E-state index in [0.29, 0.717) is 4.47 Å². The number of aromatic nitrogens is 2. The molecule has 0 radical (unpaired) electrons. The van der Waals surface area contributed by atoms with Gasteiger partial charge in [0.1, 0.15) is 0 Å². The Bertz CT molecular complexity index is 274. The van der Waals surface area contributed by atoms with Gasteiger partial charge in [-0.1, -0.05) is 0 Å². The monoisotopic (exact) mass is 256 g/mol. The summed E-state index contributed by atoms with van der Waals surface area (Å²) in [5.41, 5.74) is 0. The fourth-order valence-electron chi connectivity index (χ4n) is 0.521. The van der Waals surface area contributed by atoms with Gasteiger partial charge >= 0.3 is 12.2 Å². The van der Waals surface area contributed by atoms with Crippen molar-refractivity contribution in [2.45, 2.75) is 6.18 Å². The van der Waals surface area contributed by atoms with E-state index in [1.807, 2.05) is 0 Å². The lowest BCUT2D eigenvalue weighted by Crippen LogP contribution is -2.20. The normalized spacial score (nSPS) is 11.4. The van der Waals surface area contributed by atoms with Crippen molar-refractivity contribution in [2.75, 3.05) is 6.61 Å². The van der Waals surface area contributed by atoms with Crippen LogP contribution < -0.4 is 4.74 Å². The molecule has 0 saturated heterocycles. The Hall–Kier alpha value is -0.850. The van der Waals surface area contributed by atoms with Gasteiger partial charge < -0.3 is 4.74 Å². The summed E-state index contributed by atoms with van der Waals surface area (Å²) >= 11 is 3.03. The maximum absolute atomic E-state index is 11.6. The van der Waals surface area contributed by atoms with Crippen LogP contribution in [0.5, 0.6) is 6.01 Å². The van der Waals surface area contributed by atoms with E-state index in [0.717, 1.165) is 0 Å². The zero-order chi connectivity index (χ0) is 9.90. The second kappa shape index (κ2) is 3.91. The Morgan fingerprint density at radius 3 is 2.31 bits per heavy atom. The van der Waals surface area contributed by atoms with Crippen molar-refractivity contribution < 1.29 is 17.9 Å². The molecule has 1 heterocycles. The third-order valence-corrected chi connectivity index (χ3v) is 1.37. The summed E-state index contributed by atoms with van der Waals surface area (Å²) in [6.45, 7) is -1.38. The molecule has 0 aliphatic heterocycles. The first-order valence-corrected chi connectivity index (χ1v) is 3.94. The lowest BCUT2D eigenvalue weighted by molar-refractivity contribution is -0.154. The maximum Gasteiger partial charge on any atom is 0.422 e. The predicted molar refractivity (Wildman–Crippen MR) is 41.3 cm³/mol. The highest BCUT2D eigenvalue weighted by Gasteiger charge is 2.28. The first-order valence-electron chi connectivity index (χ1n) is 3.14. The van der Waals surface area contributed by atoms with Gasteiger partial charge in [-0.15, -0.1) is 0 Å². The molecule has 0 aromatic carbocycles. The number of nitrogens with zero attached hydrogens (tertiary/aromatic N) is 2. The molecule has 0 saturated carbocycles. The minimum absolute atomic E-state index is 0.291. The second-order valence-electron chi connectivity index (χ2n) is 2.09. The average Bonchev–Trinajstić information content (AvgIpc) is 2.02. The average molecular weight is 257 g/mol. The van der Waals surface area contributed by atoms with E-state index < -0.39 is 12.8 Å². The van der Waals surface area contributed by atoms with Crippen LogP contribution in [0.3, 0.4) is 0 Å². The first-order chi connectivity index (χ1) is 5.97. The lowest BCUT2D eigenvalue weighted by Gasteiger charge is -2.06. The Kier molecular flexibility index (Phi) is 3.07. The summed E-state index contributed by atoms with van der Waals surface area (Å²) in [5.74, 6) is 0. The van der Waals surface area contributed by atoms with E-state index >= 15 is 0 Å². The summed E-state index contributed by atoms with van der Waals surface area (Å²) in [7, 11) is 0. The van der Waals surface area contributed by atoms with Crippen LogP contribution in [0.15, 0.2) is 16.9 Å². The van der Waals surface area contributed by atoms with Gasteiger partial charge in [-0.05, 0) is 15.9 Å². The van der Waals surface area contributed by atoms with Crippen LogP contribution in [0.25, 0.3) is 0 Å². The number of halogens is 4. The number of alkyl halides is 3. The summed E-state index contributed by atoms with van der Waals surface area (Å²) in [6, 6.07) is -0.291. The van der Waals surface area contributed by atoms with Crippen LogP contribution in [0.4, 0.5) is 13.2 Å². The highest BCUT2D eigenvalue weighted by Crippen LogP contribution is 2.16. The van der Waals surface area contributed by atoms with Crippen molar-refractivity contribution >= 4 is 15.9 Å². The topological polar surface area (TPSA) is 35.0 Å². The molecule has 0 bridgehead atoms. The number of ether oxygens (including phenoxy) is 1. The van der Waals surface area contributed by atoms with Crippen LogP contribution in [0, 0.1) is 0 Å². The van der Waals surface area contributed by atoms with Gasteiger partial charge in [0.15, 0.2) is 6.61 Å². The molecule has 3 nitrogen and oxygen atoms in total. The molecule has 13 heavy (non-hydrogen) atoms. The van der Waals surface area contributed by atoms with Gasteiger partial charge in [-0.2, -0.15) is 13.2 Å². The van der Waals surface area contributed by atoms with Crippen LogP contribution >= 0.6 is 15.9 Å². The molecule has 1 aromatic rings. The Morgan fingerprint density at radius 1 is 1.31 bits per heavy atom. The van der Waals surface area contributed by atoms with Crippen molar-refractivity contribution in [3.05, 3.63) is 16.9 Å². The van der Waals surface area contributed by atoms with Crippen LogP contribution in [-0.2, 0) is 0 Å². The Balaban J connectivity index is 2.51. The summed E-state index contributed by atoms with van der Waals surface area (Å²) in [4.78, 5) is 7.00. The van der Waals surface area contributed by atoms with Crippen molar-refractivity contribution in [3.63, 3.8) is 0 Å². The summed E-state index contributed by atoms with van der Waals surface area (Å²) < 4.78 is 39.7. The molecule has 0 aliphatic carbocycles. The number of hydrogen-bond donors (Lipinski definition) is 0. The van der Waals surface area contributed by atoms with E-state index in [1.54, 1.807) is 0 Å². The molecule has 1 rings (SSSR count). The molecule has 0 N–H and O–H groups in total. The molecule has 7 heteroatoms. The largest absolute Gasteiger partial charge is 0.454 e. The highest BCUT2D eigenvalue weighted by atomic mass is 79.9. The molecule has 0 spiro atoms. The molecular weight excluding hydrogens is 253 g/mol. The third-order valence-electron chi connectivity index (χ3n) is 0.962. The first kappa shape index (κ1) is 10.2. The molecule has 1 aromatic heterocycles. The van der Waals surface area contributed by atoms with E-state index in [9.17, 15) is 13.2 Å². The molecule has 0 aliphatic rings. The zero-order valence-corrected chi connectivity index (χ0v) is 7.76. The van der Waals surface area contributed by atoms with Gasteiger partial charge in [-0.3, -0.25) is 0 Å². The Morgan fingerprint density at radius 2 is 1.85 bits per heavy atom. The van der Waals surface area contributed by atoms with Crippen molar-refractivity contribution in [1.82, 2.24) is 9.97 Å². The maximum atomic E-state index is 11.6. The minimum Gasteiger partial charge on any atom is -0.454 e. The lowest BCUT2D eigenvalue weighted by atomic mass is 10.7. The van der Waals surface area contributed by atoms with Crippen molar-refractivity contribution in [2.24, 2.45) is 0 Å². The SMILES string of the molecule is FC(F)(F)COc1ncc(Br)cn1. The van der Waals surface area contributed by atoms with Gasteiger partial charge in [0.05, 0.1) is 4.47 Å². The van der Waals surface area contributed by atoms with Gasteiger partial charge in [0.2, 0.25) is 0 Å². The molecule has 0 fully saturated rings. The third kappa shape index (κ3) is 4.07. The minimum atomic E-state index is -4.36. The van der Waals surface area contributed by atoms with Gasteiger partial charge in [-0.25, -0.2) is 9.97 Å². The van der Waals surface area contributed by atoms with Crippen molar-refractivity contribution in [3.8, 4) is 6.01 Å². The van der Waals surface area contributed by atoms with Crippen LogP contribution in [0.2, 0.25) is 0 Å². The Labute approximate surface area is 80.1 Å². The summed E-state index contributed by atoms with van der Waals surface area (Å²) in [5, 5.41) is 0. The smallest absolute Gasteiger partial charge is 0.422 e. The molecular formula is C6H4BrF3N2O. The quantitative estimate of drug-likeness (QED) is 0.814. The second-order valence-corrected chi connectivity index (χ2v) is 3.00. The van der Waals surface area contributed by atoms with E-state index in [4.69, 9.17) is 0 Å². The fourth-order valence-corrected chi connectivity index (χ4v) is 0.726. The van der Waals surface area contributed by atoms with Gasteiger partial charge in [0, 0.05) is 12.4 Å². The van der Waals surface area contributed by atoms with E-state index in [1.165, 1.54) is 12.4 Å². The predicted octanol–water partition coefficient (Wildman–Crippen LogP) is 2.18. The van der Waals surface area contributed by atoms with Crippen molar-refractivity contribution in [1.29, 1.82) is 0 Å². The number of hydrogen-bond acceptors (Lipinski definition) is 3. The van der Waals surface area contributed by atoms with Crippen LogP contribution in [-0.4, -0.2) is 22.8 Å². The summed E-state index contributed by atoms with van der Waals surface area (Å²) in [6.07, 6.45) is -1.76. The standard InChI is InChI=1S/C6H4BrF3N2O/c7-4-1-11-5(12-2-4)13-3-6(8,9)10/h1-2H,3H2. The highest BCUT2D eigenvalue weighted by molar-refractivity contribution is 9.10. The molecule has 0 amide bonds. The van der Waals surface area contributed by atoms with Gasteiger partial charge in [0.25, 0.3) is 0 Å².